The van der Waals surface area contributed by atoms with Crippen LogP contribution in [0, 0.1) is 13.8 Å². The van der Waals surface area contributed by atoms with E-state index < -0.39 is 5.91 Å². The van der Waals surface area contributed by atoms with E-state index >= 15 is 0 Å². The predicted molar refractivity (Wildman–Crippen MR) is 89.4 cm³/mol. The number of carbonyl (C=O) groups is 2. The Labute approximate surface area is 141 Å². The first kappa shape index (κ1) is 15.9. The molecule has 9 heteroatoms. The fourth-order valence-electron chi connectivity index (χ4n) is 2.12. The van der Waals surface area contributed by atoms with Crippen molar-refractivity contribution in [3.63, 3.8) is 0 Å². The normalized spacial score (nSPS) is 10.6. The summed E-state index contributed by atoms with van der Waals surface area (Å²) in [4.78, 5) is 25.0. The summed E-state index contributed by atoms with van der Waals surface area (Å²) in [6.07, 6.45) is 0. The molecule has 0 aliphatic heterocycles. The van der Waals surface area contributed by atoms with Gasteiger partial charge in [0.1, 0.15) is 17.2 Å². The Morgan fingerprint density at radius 3 is 2.67 bits per heavy atom. The van der Waals surface area contributed by atoms with Crippen LogP contribution in [0.1, 0.15) is 31.6 Å². The van der Waals surface area contributed by atoms with E-state index in [9.17, 15) is 9.59 Å². The first-order valence-electron chi connectivity index (χ1n) is 7.09. The second-order valence-corrected chi connectivity index (χ2v) is 6.07. The first-order valence-corrected chi connectivity index (χ1v) is 7.97. The number of anilines is 2. The summed E-state index contributed by atoms with van der Waals surface area (Å²) >= 11 is 1.34. The molecule has 3 rings (SSSR count). The number of nitrogens with zero attached hydrogens (tertiary/aromatic N) is 3. The van der Waals surface area contributed by atoms with Crippen LogP contribution in [0.15, 0.2) is 28.1 Å². The van der Waals surface area contributed by atoms with Gasteiger partial charge in [-0.3, -0.25) is 14.3 Å². The molecule has 0 aliphatic rings. The Morgan fingerprint density at radius 2 is 2.04 bits per heavy atom. The minimum Gasteiger partial charge on any atom is -0.359 e. The van der Waals surface area contributed by atoms with Gasteiger partial charge in [0.05, 0.1) is 4.88 Å². The molecule has 0 aliphatic carbocycles. The topological polar surface area (TPSA) is 102 Å². The summed E-state index contributed by atoms with van der Waals surface area (Å²) in [5, 5.41) is 15.2. The van der Waals surface area contributed by atoms with Gasteiger partial charge in [0.15, 0.2) is 11.5 Å². The third-order valence-corrected chi connectivity index (χ3v) is 4.24. The highest BCUT2D eigenvalue weighted by Crippen LogP contribution is 2.20. The third-order valence-electron chi connectivity index (χ3n) is 3.37. The molecule has 2 amide bonds. The Balaban J connectivity index is 1.76. The lowest BCUT2D eigenvalue weighted by Gasteiger charge is -2.02. The second-order valence-electron chi connectivity index (χ2n) is 5.12. The van der Waals surface area contributed by atoms with Gasteiger partial charge in [-0.25, -0.2) is 0 Å². The highest BCUT2D eigenvalue weighted by molar-refractivity contribution is 7.12. The minimum absolute atomic E-state index is 0.180. The third kappa shape index (κ3) is 3.06. The van der Waals surface area contributed by atoms with Crippen molar-refractivity contribution in [2.75, 3.05) is 10.6 Å². The van der Waals surface area contributed by atoms with Crippen molar-refractivity contribution in [1.29, 1.82) is 0 Å². The standard InChI is InChI=1S/C15H15N5O3S/c1-8-13(9(2)23-19-8)17-14(21)10-7-12(20(3)18-10)16-15(22)11-5-4-6-24-11/h4-7H,1-3H3,(H,16,22)(H,17,21). The molecular formula is C15H15N5O3S. The van der Waals surface area contributed by atoms with Crippen molar-refractivity contribution in [3.05, 3.63) is 45.6 Å². The molecule has 8 nitrogen and oxygen atoms in total. The molecule has 124 valence electrons. The quantitative estimate of drug-likeness (QED) is 0.757. The number of hydrogen-bond donors (Lipinski definition) is 2. The predicted octanol–water partition coefficient (Wildman–Crippen LogP) is 2.59. The van der Waals surface area contributed by atoms with E-state index in [0.717, 1.165) is 0 Å². The first-order chi connectivity index (χ1) is 11.5. The zero-order valence-corrected chi connectivity index (χ0v) is 14.1. The lowest BCUT2D eigenvalue weighted by Crippen LogP contribution is -2.14. The van der Waals surface area contributed by atoms with Gasteiger partial charge in [-0.2, -0.15) is 5.10 Å². The van der Waals surface area contributed by atoms with E-state index in [4.69, 9.17) is 4.52 Å². The van der Waals surface area contributed by atoms with Crippen LogP contribution in [0.5, 0.6) is 0 Å². The molecule has 0 saturated heterocycles. The van der Waals surface area contributed by atoms with Crippen molar-refractivity contribution in [1.82, 2.24) is 14.9 Å². The summed E-state index contributed by atoms with van der Waals surface area (Å²) in [6, 6.07) is 5.03. The summed E-state index contributed by atoms with van der Waals surface area (Å²) < 4.78 is 6.45. The molecule has 0 saturated carbocycles. The summed E-state index contributed by atoms with van der Waals surface area (Å²) in [6.45, 7) is 3.44. The van der Waals surface area contributed by atoms with Gasteiger partial charge in [0.2, 0.25) is 0 Å². The van der Waals surface area contributed by atoms with Gasteiger partial charge in [0, 0.05) is 13.1 Å². The van der Waals surface area contributed by atoms with Crippen molar-refractivity contribution in [3.8, 4) is 0 Å². The van der Waals surface area contributed by atoms with Gasteiger partial charge in [-0.1, -0.05) is 11.2 Å². The maximum Gasteiger partial charge on any atom is 0.276 e. The van der Waals surface area contributed by atoms with Gasteiger partial charge >= 0.3 is 0 Å². The molecule has 3 heterocycles. The fourth-order valence-corrected chi connectivity index (χ4v) is 2.74. The summed E-state index contributed by atoms with van der Waals surface area (Å²) in [7, 11) is 1.65. The van der Waals surface area contributed by atoms with Crippen molar-refractivity contribution in [2.45, 2.75) is 13.8 Å². The van der Waals surface area contributed by atoms with Crippen LogP contribution in [-0.4, -0.2) is 26.8 Å². The zero-order chi connectivity index (χ0) is 17.3. The van der Waals surface area contributed by atoms with Crippen LogP contribution in [0.25, 0.3) is 0 Å². The lowest BCUT2D eigenvalue weighted by atomic mass is 10.3. The Morgan fingerprint density at radius 1 is 1.25 bits per heavy atom. The van der Waals surface area contributed by atoms with E-state index in [1.165, 1.54) is 22.1 Å². The van der Waals surface area contributed by atoms with Crippen LogP contribution >= 0.6 is 11.3 Å². The maximum absolute atomic E-state index is 12.3. The molecule has 2 N–H and O–H groups in total. The van der Waals surface area contributed by atoms with E-state index in [1.807, 2.05) is 5.38 Å². The molecular weight excluding hydrogens is 330 g/mol. The van der Waals surface area contributed by atoms with Crippen LogP contribution in [0.3, 0.4) is 0 Å². The molecule has 0 spiro atoms. The molecule has 0 unspecified atom stereocenters. The Hall–Kier alpha value is -2.94. The molecule has 0 fully saturated rings. The SMILES string of the molecule is Cc1noc(C)c1NC(=O)c1cc(NC(=O)c2cccs2)n(C)n1. The Bertz CT molecular complexity index is 875. The van der Waals surface area contributed by atoms with Crippen LogP contribution in [0.4, 0.5) is 11.5 Å². The zero-order valence-electron chi connectivity index (χ0n) is 13.3. The largest absolute Gasteiger partial charge is 0.359 e. The van der Waals surface area contributed by atoms with Gasteiger partial charge in [0.25, 0.3) is 11.8 Å². The average molecular weight is 345 g/mol. The van der Waals surface area contributed by atoms with Crippen LogP contribution in [-0.2, 0) is 7.05 Å². The second kappa shape index (κ2) is 6.28. The van der Waals surface area contributed by atoms with Crippen LogP contribution in [0.2, 0.25) is 0 Å². The monoisotopic (exact) mass is 345 g/mol. The van der Waals surface area contributed by atoms with Gasteiger partial charge in [-0.05, 0) is 25.3 Å². The molecule has 3 aromatic heterocycles. The number of nitrogens with one attached hydrogen (secondary N) is 2. The van der Waals surface area contributed by atoms with Crippen molar-refractivity contribution >= 4 is 34.7 Å². The smallest absolute Gasteiger partial charge is 0.276 e. The number of aryl methyl sites for hydroxylation is 3. The molecule has 3 aromatic rings. The van der Waals surface area contributed by atoms with Crippen LogP contribution < -0.4 is 10.6 Å². The fraction of sp³-hybridized carbons (Fsp3) is 0.200. The van der Waals surface area contributed by atoms with Crippen molar-refractivity contribution in [2.24, 2.45) is 7.05 Å². The highest BCUT2D eigenvalue weighted by Gasteiger charge is 2.18. The number of aromatic nitrogens is 3. The number of amides is 2. The van der Waals surface area contributed by atoms with E-state index in [-0.39, 0.29) is 11.6 Å². The maximum atomic E-state index is 12.3. The molecule has 0 aromatic carbocycles. The number of hydrogen-bond acceptors (Lipinski definition) is 6. The summed E-state index contributed by atoms with van der Waals surface area (Å²) in [5.74, 6) is 0.294. The minimum atomic E-state index is -0.406. The number of thiophene rings is 1. The average Bonchev–Trinajstić information content (AvgIpc) is 3.26. The van der Waals surface area contributed by atoms with Crippen molar-refractivity contribution < 1.29 is 14.1 Å². The number of rotatable bonds is 4. The van der Waals surface area contributed by atoms with E-state index in [0.29, 0.717) is 27.8 Å². The number of carbonyl (C=O) groups excluding carboxylic acids is 2. The van der Waals surface area contributed by atoms with E-state index in [1.54, 1.807) is 33.0 Å². The molecule has 0 atom stereocenters. The highest BCUT2D eigenvalue weighted by atomic mass is 32.1. The summed E-state index contributed by atoms with van der Waals surface area (Å²) in [5.41, 5.74) is 1.29. The Kier molecular flexibility index (Phi) is 4.17. The van der Waals surface area contributed by atoms with E-state index in [2.05, 4.69) is 20.9 Å². The lowest BCUT2D eigenvalue weighted by molar-refractivity contribution is 0.101. The molecule has 0 bridgehead atoms. The van der Waals surface area contributed by atoms with Gasteiger partial charge < -0.3 is 15.2 Å². The van der Waals surface area contributed by atoms with Gasteiger partial charge in [-0.15, -0.1) is 11.3 Å². The molecule has 0 radical (unpaired) electrons. The molecule has 24 heavy (non-hydrogen) atoms.